The van der Waals surface area contributed by atoms with Gasteiger partial charge >= 0.3 is 6.09 Å². The monoisotopic (exact) mass is 364 g/mol. The van der Waals surface area contributed by atoms with Crippen LogP contribution in [0, 0.1) is 11.8 Å². The fourth-order valence-corrected chi connectivity index (χ4v) is 3.17. The summed E-state index contributed by atoms with van der Waals surface area (Å²) in [6.07, 6.45) is 3.76. The standard InChI is InChI=1S/C14H19NO3.C6H13NO/c16-10-12-6-8-15(9-7-12)14(17)18-11-13-4-2-1-3-5-13;8-5-6-1-3-7-4-2-6/h1-5,12,16H,6-11H2;6-8H,1-5H2. The molecule has 2 saturated heterocycles. The summed E-state index contributed by atoms with van der Waals surface area (Å²) >= 11 is 0. The number of carbonyl (C=O) groups is 1. The summed E-state index contributed by atoms with van der Waals surface area (Å²) in [5.41, 5.74) is 0.996. The molecule has 0 spiro atoms. The Balaban J connectivity index is 0.000000254. The van der Waals surface area contributed by atoms with Crippen LogP contribution in [0.1, 0.15) is 31.2 Å². The molecule has 2 heterocycles. The number of carbonyl (C=O) groups excluding carboxylic acids is 1. The molecule has 3 N–H and O–H groups in total. The quantitative estimate of drug-likeness (QED) is 0.761. The largest absolute Gasteiger partial charge is 0.445 e. The Kier molecular flexibility index (Phi) is 9.45. The molecule has 6 nitrogen and oxygen atoms in total. The van der Waals surface area contributed by atoms with Crippen molar-refractivity contribution < 1.29 is 19.7 Å². The zero-order chi connectivity index (χ0) is 18.6. The topological polar surface area (TPSA) is 82.0 Å². The maximum absolute atomic E-state index is 11.8. The molecule has 2 aliphatic rings. The van der Waals surface area contributed by atoms with E-state index in [0.717, 1.165) is 44.3 Å². The minimum Gasteiger partial charge on any atom is -0.445 e. The molecule has 0 aromatic heterocycles. The molecule has 2 fully saturated rings. The fraction of sp³-hybridized carbons (Fsp3) is 0.650. The molecule has 6 heteroatoms. The lowest BCUT2D eigenvalue weighted by Crippen LogP contribution is -2.39. The third-order valence-electron chi connectivity index (χ3n) is 5.05. The minimum atomic E-state index is -0.254. The Morgan fingerprint density at radius 2 is 1.58 bits per heavy atom. The van der Waals surface area contributed by atoms with Gasteiger partial charge in [0, 0.05) is 26.3 Å². The van der Waals surface area contributed by atoms with Gasteiger partial charge in [0.2, 0.25) is 0 Å². The van der Waals surface area contributed by atoms with E-state index in [2.05, 4.69) is 5.32 Å². The molecular formula is C20H32N2O4. The van der Waals surface area contributed by atoms with Crippen LogP contribution in [0.3, 0.4) is 0 Å². The molecule has 26 heavy (non-hydrogen) atoms. The predicted octanol–water partition coefficient (Wildman–Crippen LogP) is 2.01. The zero-order valence-electron chi connectivity index (χ0n) is 15.5. The maximum atomic E-state index is 11.8. The van der Waals surface area contributed by atoms with E-state index in [9.17, 15) is 4.79 Å². The van der Waals surface area contributed by atoms with Gasteiger partial charge in [-0.2, -0.15) is 0 Å². The van der Waals surface area contributed by atoms with Crippen molar-refractivity contribution in [1.29, 1.82) is 0 Å². The van der Waals surface area contributed by atoms with E-state index in [0.29, 0.717) is 38.1 Å². The van der Waals surface area contributed by atoms with Crippen LogP contribution in [0.4, 0.5) is 4.79 Å². The van der Waals surface area contributed by atoms with Crippen molar-refractivity contribution in [3.63, 3.8) is 0 Å². The third-order valence-corrected chi connectivity index (χ3v) is 5.05. The Hall–Kier alpha value is -1.63. The number of likely N-dealkylation sites (tertiary alicyclic amines) is 1. The lowest BCUT2D eigenvalue weighted by molar-refractivity contribution is 0.0741. The molecule has 1 aromatic rings. The van der Waals surface area contributed by atoms with Crippen LogP contribution in [-0.4, -0.2) is 60.6 Å². The summed E-state index contributed by atoms with van der Waals surface area (Å²) in [6.45, 7) is 4.45. The SMILES string of the molecule is O=C(OCc1ccccc1)N1CCC(CO)CC1.OCC1CCNCC1. The van der Waals surface area contributed by atoms with Gasteiger partial charge in [0.15, 0.2) is 0 Å². The maximum Gasteiger partial charge on any atom is 0.410 e. The number of aliphatic hydroxyl groups excluding tert-OH is 2. The molecule has 2 aliphatic heterocycles. The first-order valence-electron chi connectivity index (χ1n) is 9.61. The van der Waals surface area contributed by atoms with Crippen molar-refractivity contribution in [2.75, 3.05) is 39.4 Å². The molecular weight excluding hydrogens is 332 g/mol. The molecule has 1 amide bonds. The first-order chi connectivity index (χ1) is 12.7. The van der Waals surface area contributed by atoms with Crippen molar-refractivity contribution in [3.05, 3.63) is 35.9 Å². The molecule has 0 radical (unpaired) electrons. The number of aliphatic hydroxyl groups is 2. The van der Waals surface area contributed by atoms with E-state index in [1.807, 2.05) is 30.3 Å². The second-order valence-corrected chi connectivity index (χ2v) is 7.03. The number of ether oxygens (including phenoxy) is 1. The Labute approximate surface area is 156 Å². The highest BCUT2D eigenvalue weighted by molar-refractivity contribution is 5.67. The van der Waals surface area contributed by atoms with Gasteiger partial charge in [-0.25, -0.2) is 4.79 Å². The van der Waals surface area contributed by atoms with Crippen molar-refractivity contribution >= 4 is 6.09 Å². The van der Waals surface area contributed by atoms with Crippen LogP contribution >= 0.6 is 0 Å². The van der Waals surface area contributed by atoms with Gasteiger partial charge in [-0.15, -0.1) is 0 Å². The molecule has 146 valence electrons. The smallest absolute Gasteiger partial charge is 0.410 e. The number of rotatable bonds is 4. The lowest BCUT2D eigenvalue weighted by atomic mass is 9.98. The van der Waals surface area contributed by atoms with Crippen molar-refractivity contribution in [2.24, 2.45) is 11.8 Å². The number of piperidine rings is 2. The summed E-state index contributed by atoms with van der Waals surface area (Å²) in [5, 5.41) is 20.9. The van der Waals surface area contributed by atoms with Gasteiger partial charge in [-0.1, -0.05) is 30.3 Å². The van der Waals surface area contributed by atoms with Gasteiger partial charge < -0.3 is 25.2 Å². The molecule has 3 rings (SSSR count). The summed E-state index contributed by atoms with van der Waals surface area (Å²) in [7, 11) is 0. The van der Waals surface area contributed by atoms with Gasteiger partial charge in [0.1, 0.15) is 6.61 Å². The first-order valence-corrected chi connectivity index (χ1v) is 9.61. The number of hydrogen-bond donors (Lipinski definition) is 3. The summed E-state index contributed by atoms with van der Waals surface area (Å²) in [6, 6.07) is 9.66. The van der Waals surface area contributed by atoms with E-state index < -0.39 is 0 Å². The zero-order valence-corrected chi connectivity index (χ0v) is 15.5. The average molecular weight is 364 g/mol. The second-order valence-electron chi connectivity index (χ2n) is 7.03. The second kappa shape index (κ2) is 11.9. The van der Waals surface area contributed by atoms with E-state index in [-0.39, 0.29) is 12.7 Å². The highest BCUT2D eigenvalue weighted by atomic mass is 16.6. The molecule has 0 atom stereocenters. The summed E-state index contributed by atoms with van der Waals surface area (Å²) in [4.78, 5) is 13.5. The highest BCUT2D eigenvalue weighted by Crippen LogP contribution is 2.17. The van der Waals surface area contributed by atoms with Crippen molar-refractivity contribution in [2.45, 2.75) is 32.3 Å². The molecule has 0 aliphatic carbocycles. The summed E-state index contributed by atoms with van der Waals surface area (Å²) < 4.78 is 5.26. The van der Waals surface area contributed by atoms with Gasteiger partial charge in [-0.05, 0) is 56.2 Å². The first kappa shape index (κ1) is 20.7. The van der Waals surface area contributed by atoms with Gasteiger partial charge in [-0.3, -0.25) is 0 Å². The number of nitrogens with one attached hydrogen (secondary N) is 1. The van der Waals surface area contributed by atoms with Crippen LogP contribution < -0.4 is 5.32 Å². The molecule has 0 unspecified atom stereocenters. The average Bonchev–Trinajstić information content (AvgIpc) is 2.74. The van der Waals surface area contributed by atoms with E-state index in [1.54, 1.807) is 4.90 Å². The summed E-state index contributed by atoms with van der Waals surface area (Å²) in [5.74, 6) is 0.916. The van der Waals surface area contributed by atoms with Gasteiger partial charge in [0.05, 0.1) is 0 Å². The normalized spacial score (nSPS) is 18.8. The molecule has 0 bridgehead atoms. The Bertz CT molecular complexity index is 498. The van der Waals surface area contributed by atoms with E-state index in [4.69, 9.17) is 14.9 Å². The van der Waals surface area contributed by atoms with Gasteiger partial charge in [0.25, 0.3) is 0 Å². The predicted molar refractivity (Wildman–Crippen MR) is 101 cm³/mol. The molecule has 1 aromatic carbocycles. The Morgan fingerprint density at radius 3 is 2.12 bits per heavy atom. The number of nitrogens with zero attached hydrogens (tertiary/aromatic N) is 1. The fourth-order valence-electron chi connectivity index (χ4n) is 3.17. The van der Waals surface area contributed by atoms with Crippen molar-refractivity contribution in [1.82, 2.24) is 10.2 Å². The Morgan fingerprint density at radius 1 is 1.00 bits per heavy atom. The van der Waals surface area contributed by atoms with E-state index in [1.165, 1.54) is 0 Å². The van der Waals surface area contributed by atoms with Crippen LogP contribution in [0.5, 0.6) is 0 Å². The number of hydrogen-bond acceptors (Lipinski definition) is 5. The lowest BCUT2D eigenvalue weighted by Gasteiger charge is -2.30. The minimum absolute atomic E-state index is 0.215. The van der Waals surface area contributed by atoms with Crippen molar-refractivity contribution in [3.8, 4) is 0 Å². The molecule has 0 saturated carbocycles. The van der Waals surface area contributed by atoms with Crippen LogP contribution in [0.2, 0.25) is 0 Å². The number of amides is 1. The highest BCUT2D eigenvalue weighted by Gasteiger charge is 2.23. The van der Waals surface area contributed by atoms with Crippen LogP contribution in [-0.2, 0) is 11.3 Å². The van der Waals surface area contributed by atoms with Crippen LogP contribution in [0.25, 0.3) is 0 Å². The van der Waals surface area contributed by atoms with Crippen LogP contribution in [0.15, 0.2) is 30.3 Å². The third kappa shape index (κ3) is 7.32. The van der Waals surface area contributed by atoms with E-state index >= 15 is 0 Å². The number of benzene rings is 1.